The average Bonchev–Trinajstić information content (AvgIpc) is 3.32. The SMILES string of the molecule is COc1ccc(OC)c([C@H]2CN(C(=O)c3cccc(Cl)c3)C[C@H]2C(=O)NCc2ccccc2)c1. The minimum absolute atomic E-state index is 0.111. The van der Waals surface area contributed by atoms with Gasteiger partial charge in [0.2, 0.25) is 5.91 Å². The molecule has 1 saturated heterocycles. The van der Waals surface area contributed by atoms with Crippen molar-refractivity contribution in [3.63, 3.8) is 0 Å². The lowest BCUT2D eigenvalue weighted by Crippen LogP contribution is -2.35. The maximum Gasteiger partial charge on any atom is 0.253 e. The molecule has 1 aliphatic heterocycles. The van der Waals surface area contributed by atoms with Gasteiger partial charge in [0.15, 0.2) is 0 Å². The first-order valence-electron chi connectivity index (χ1n) is 11.1. The number of halogens is 1. The van der Waals surface area contributed by atoms with Crippen molar-refractivity contribution in [2.75, 3.05) is 27.3 Å². The monoisotopic (exact) mass is 478 g/mol. The highest BCUT2D eigenvalue weighted by atomic mass is 35.5. The van der Waals surface area contributed by atoms with Crippen LogP contribution in [0.5, 0.6) is 11.5 Å². The Labute approximate surface area is 204 Å². The molecule has 3 aromatic rings. The molecule has 1 heterocycles. The lowest BCUT2D eigenvalue weighted by atomic mass is 9.87. The third-order valence-corrected chi connectivity index (χ3v) is 6.40. The fourth-order valence-corrected chi connectivity index (χ4v) is 4.59. The highest BCUT2D eigenvalue weighted by Crippen LogP contribution is 2.40. The van der Waals surface area contributed by atoms with E-state index in [1.54, 1.807) is 43.4 Å². The molecule has 1 N–H and O–H groups in total. The summed E-state index contributed by atoms with van der Waals surface area (Å²) >= 11 is 6.11. The van der Waals surface area contributed by atoms with Crippen LogP contribution in [-0.2, 0) is 11.3 Å². The van der Waals surface area contributed by atoms with Crippen molar-refractivity contribution in [2.24, 2.45) is 5.92 Å². The van der Waals surface area contributed by atoms with Crippen LogP contribution in [0.2, 0.25) is 5.02 Å². The van der Waals surface area contributed by atoms with Crippen LogP contribution >= 0.6 is 11.6 Å². The lowest BCUT2D eigenvalue weighted by Gasteiger charge is -2.21. The second-order valence-corrected chi connectivity index (χ2v) is 8.68. The van der Waals surface area contributed by atoms with E-state index in [2.05, 4.69) is 5.32 Å². The summed E-state index contributed by atoms with van der Waals surface area (Å²) in [4.78, 5) is 28.4. The summed E-state index contributed by atoms with van der Waals surface area (Å²) in [7, 11) is 3.19. The Morgan fingerprint density at radius 1 is 0.971 bits per heavy atom. The van der Waals surface area contributed by atoms with Crippen molar-refractivity contribution in [1.82, 2.24) is 10.2 Å². The van der Waals surface area contributed by atoms with Gasteiger partial charge in [-0.3, -0.25) is 9.59 Å². The van der Waals surface area contributed by atoms with Gasteiger partial charge in [0.1, 0.15) is 11.5 Å². The van der Waals surface area contributed by atoms with E-state index < -0.39 is 5.92 Å². The van der Waals surface area contributed by atoms with E-state index in [0.717, 1.165) is 11.1 Å². The normalized spacial score (nSPS) is 17.3. The number of ether oxygens (including phenoxy) is 2. The molecule has 0 bridgehead atoms. The van der Waals surface area contributed by atoms with Crippen molar-refractivity contribution in [3.05, 3.63) is 94.5 Å². The van der Waals surface area contributed by atoms with Crippen LogP contribution in [0.15, 0.2) is 72.8 Å². The quantitative estimate of drug-likeness (QED) is 0.541. The molecule has 0 aliphatic carbocycles. The van der Waals surface area contributed by atoms with Crippen LogP contribution in [0.25, 0.3) is 0 Å². The largest absolute Gasteiger partial charge is 0.497 e. The number of methoxy groups -OCH3 is 2. The second-order valence-electron chi connectivity index (χ2n) is 8.24. The molecular weight excluding hydrogens is 452 g/mol. The van der Waals surface area contributed by atoms with Crippen LogP contribution < -0.4 is 14.8 Å². The van der Waals surface area contributed by atoms with E-state index in [1.165, 1.54) is 0 Å². The summed E-state index contributed by atoms with van der Waals surface area (Å²) in [6.45, 7) is 1.08. The van der Waals surface area contributed by atoms with Crippen LogP contribution in [-0.4, -0.2) is 44.0 Å². The molecule has 0 radical (unpaired) electrons. The molecule has 2 amide bonds. The van der Waals surface area contributed by atoms with Crippen LogP contribution in [0.1, 0.15) is 27.4 Å². The predicted octanol–water partition coefficient (Wildman–Crippen LogP) is 4.53. The average molecular weight is 479 g/mol. The molecule has 6 nitrogen and oxygen atoms in total. The second kappa shape index (κ2) is 10.6. The molecule has 2 atom stereocenters. The maximum absolute atomic E-state index is 13.4. The number of hydrogen-bond acceptors (Lipinski definition) is 4. The Kier molecular flexibility index (Phi) is 7.38. The van der Waals surface area contributed by atoms with Crippen LogP contribution in [0, 0.1) is 5.92 Å². The number of carbonyl (C=O) groups excluding carboxylic acids is 2. The standard InChI is InChI=1S/C27H27ClN2O4/c1-33-21-11-12-25(34-2)22(14-21)23-16-30(27(32)19-9-6-10-20(28)13-19)17-24(23)26(31)29-15-18-7-4-3-5-8-18/h3-14,23-24H,15-17H2,1-2H3,(H,29,31)/t23-,24-/m1/s1. The van der Waals surface area contributed by atoms with Crippen LogP contribution in [0.4, 0.5) is 0 Å². The van der Waals surface area contributed by atoms with Crippen molar-refractivity contribution in [3.8, 4) is 11.5 Å². The Hall–Kier alpha value is -3.51. The van der Waals surface area contributed by atoms with Gasteiger partial charge in [0.05, 0.1) is 20.1 Å². The number of likely N-dealkylation sites (tertiary alicyclic amines) is 1. The first-order valence-corrected chi connectivity index (χ1v) is 11.5. The molecule has 0 spiro atoms. The van der Waals surface area contributed by atoms with Gasteiger partial charge < -0.3 is 19.7 Å². The zero-order chi connectivity index (χ0) is 24.1. The molecule has 1 fully saturated rings. The number of nitrogens with one attached hydrogen (secondary N) is 1. The molecule has 0 aromatic heterocycles. The molecule has 176 valence electrons. The number of benzene rings is 3. The first kappa shape index (κ1) is 23.6. The summed E-state index contributed by atoms with van der Waals surface area (Å²) in [6, 6.07) is 22.1. The van der Waals surface area contributed by atoms with E-state index in [4.69, 9.17) is 21.1 Å². The number of hydrogen-bond donors (Lipinski definition) is 1. The summed E-state index contributed by atoms with van der Waals surface area (Å²) < 4.78 is 11.0. The predicted molar refractivity (Wildman–Crippen MR) is 131 cm³/mol. The molecule has 4 rings (SSSR count). The fourth-order valence-electron chi connectivity index (χ4n) is 4.40. The van der Waals surface area contributed by atoms with Gasteiger partial charge in [-0.05, 0) is 42.0 Å². The summed E-state index contributed by atoms with van der Waals surface area (Å²) in [5.41, 5.74) is 2.34. The number of carbonyl (C=O) groups is 2. The van der Waals surface area contributed by atoms with Gasteiger partial charge in [-0.2, -0.15) is 0 Å². The number of amides is 2. The highest BCUT2D eigenvalue weighted by molar-refractivity contribution is 6.30. The summed E-state index contributed by atoms with van der Waals surface area (Å²) in [6.07, 6.45) is 0. The van der Waals surface area contributed by atoms with E-state index >= 15 is 0 Å². The Morgan fingerprint density at radius 3 is 2.47 bits per heavy atom. The molecule has 0 unspecified atom stereocenters. The van der Waals surface area contributed by atoms with E-state index in [0.29, 0.717) is 35.2 Å². The zero-order valence-corrected chi connectivity index (χ0v) is 19.9. The van der Waals surface area contributed by atoms with Crippen molar-refractivity contribution < 1.29 is 19.1 Å². The smallest absolute Gasteiger partial charge is 0.253 e. The van der Waals surface area contributed by atoms with Gasteiger partial charge in [0, 0.05) is 41.7 Å². The van der Waals surface area contributed by atoms with Gasteiger partial charge in [-0.1, -0.05) is 48.0 Å². The number of rotatable bonds is 7. The Balaban J connectivity index is 1.63. The third kappa shape index (κ3) is 5.18. The Morgan fingerprint density at radius 2 is 1.76 bits per heavy atom. The van der Waals surface area contributed by atoms with Crippen molar-refractivity contribution >= 4 is 23.4 Å². The molecule has 0 saturated carbocycles. The van der Waals surface area contributed by atoms with E-state index in [-0.39, 0.29) is 24.3 Å². The van der Waals surface area contributed by atoms with Gasteiger partial charge in [-0.15, -0.1) is 0 Å². The molecule has 7 heteroatoms. The van der Waals surface area contributed by atoms with Gasteiger partial charge in [0.25, 0.3) is 5.91 Å². The van der Waals surface area contributed by atoms with Crippen molar-refractivity contribution in [1.29, 1.82) is 0 Å². The van der Waals surface area contributed by atoms with E-state index in [9.17, 15) is 9.59 Å². The third-order valence-electron chi connectivity index (χ3n) is 6.16. The van der Waals surface area contributed by atoms with Crippen LogP contribution in [0.3, 0.4) is 0 Å². The first-order chi connectivity index (χ1) is 16.5. The highest BCUT2D eigenvalue weighted by Gasteiger charge is 2.42. The summed E-state index contributed by atoms with van der Waals surface area (Å²) in [5.74, 6) is 0.340. The van der Waals surface area contributed by atoms with Gasteiger partial charge in [-0.25, -0.2) is 0 Å². The fraction of sp³-hybridized carbons (Fsp3) is 0.259. The molecule has 3 aromatic carbocycles. The number of nitrogens with zero attached hydrogens (tertiary/aromatic N) is 1. The maximum atomic E-state index is 13.4. The van der Waals surface area contributed by atoms with Crippen molar-refractivity contribution in [2.45, 2.75) is 12.5 Å². The molecule has 34 heavy (non-hydrogen) atoms. The van der Waals surface area contributed by atoms with E-state index in [1.807, 2.05) is 48.5 Å². The molecular formula is C27H27ClN2O4. The minimum Gasteiger partial charge on any atom is -0.497 e. The molecule has 1 aliphatic rings. The topological polar surface area (TPSA) is 67.9 Å². The lowest BCUT2D eigenvalue weighted by molar-refractivity contribution is -0.125. The Bertz CT molecular complexity index is 1170. The summed E-state index contributed by atoms with van der Waals surface area (Å²) in [5, 5.41) is 3.54. The zero-order valence-electron chi connectivity index (χ0n) is 19.2. The minimum atomic E-state index is -0.451. The van der Waals surface area contributed by atoms with Gasteiger partial charge >= 0.3 is 0 Å².